The summed E-state index contributed by atoms with van der Waals surface area (Å²) in [6.45, 7) is 2.59. The minimum Gasteiger partial charge on any atom is -0.503 e. The van der Waals surface area contributed by atoms with Gasteiger partial charge in [-0.2, -0.15) is 0 Å². The van der Waals surface area contributed by atoms with Gasteiger partial charge in [-0.1, -0.05) is 37.3 Å². The van der Waals surface area contributed by atoms with Crippen LogP contribution in [0.4, 0.5) is 0 Å². The molecule has 0 radical (unpaired) electrons. The number of nitrogens with one attached hydrogen (secondary N) is 1. The molecule has 4 nitrogen and oxygen atoms in total. The van der Waals surface area contributed by atoms with Crippen LogP contribution in [0.5, 0.6) is 11.5 Å². The molecule has 0 aliphatic rings. The summed E-state index contributed by atoms with van der Waals surface area (Å²) in [7, 11) is 1.45. The molecule has 0 saturated carbocycles. The zero-order chi connectivity index (χ0) is 16.1. The van der Waals surface area contributed by atoms with Crippen molar-refractivity contribution in [3.63, 3.8) is 0 Å². The van der Waals surface area contributed by atoms with Crippen molar-refractivity contribution in [2.45, 2.75) is 12.8 Å². The summed E-state index contributed by atoms with van der Waals surface area (Å²) >= 11 is 3.21. The van der Waals surface area contributed by atoms with Gasteiger partial charge >= 0.3 is 0 Å². The van der Waals surface area contributed by atoms with E-state index in [-0.39, 0.29) is 23.3 Å². The Labute approximate surface area is 138 Å². The van der Waals surface area contributed by atoms with Gasteiger partial charge in [0.05, 0.1) is 11.6 Å². The van der Waals surface area contributed by atoms with Gasteiger partial charge in [-0.05, 0) is 39.5 Å². The predicted molar refractivity (Wildman–Crippen MR) is 89.5 cm³/mol. The summed E-state index contributed by atoms with van der Waals surface area (Å²) in [4.78, 5) is 12.2. The molecule has 2 rings (SSSR count). The molecule has 5 heteroatoms. The SMILES string of the molecule is COc1cc(C(=O)NCC(C)c2ccccc2)cc(Br)c1O. The van der Waals surface area contributed by atoms with Crippen molar-refractivity contribution in [1.29, 1.82) is 0 Å². The number of benzene rings is 2. The van der Waals surface area contributed by atoms with Crippen molar-refractivity contribution in [2.75, 3.05) is 13.7 Å². The molecule has 22 heavy (non-hydrogen) atoms. The van der Waals surface area contributed by atoms with E-state index in [9.17, 15) is 9.90 Å². The summed E-state index contributed by atoms with van der Waals surface area (Å²) in [6.07, 6.45) is 0. The fourth-order valence-corrected chi connectivity index (χ4v) is 2.55. The molecule has 0 saturated heterocycles. The van der Waals surface area contributed by atoms with Crippen LogP contribution in [-0.4, -0.2) is 24.7 Å². The molecule has 2 aromatic carbocycles. The third-order valence-corrected chi connectivity index (χ3v) is 4.05. The molecule has 0 aliphatic carbocycles. The van der Waals surface area contributed by atoms with Gasteiger partial charge < -0.3 is 15.2 Å². The highest BCUT2D eigenvalue weighted by atomic mass is 79.9. The third-order valence-electron chi connectivity index (χ3n) is 3.45. The Morgan fingerprint density at radius 1 is 1.32 bits per heavy atom. The van der Waals surface area contributed by atoms with Crippen LogP contribution in [0.3, 0.4) is 0 Å². The minimum atomic E-state index is -0.207. The molecule has 0 aliphatic heterocycles. The summed E-state index contributed by atoms with van der Waals surface area (Å²) in [6, 6.07) is 13.1. The number of hydrogen-bond acceptors (Lipinski definition) is 3. The van der Waals surface area contributed by atoms with Crippen LogP contribution in [-0.2, 0) is 0 Å². The van der Waals surface area contributed by atoms with E-state index < -0.39 is 0 Å². The van der Waals surface area contributed by atoms with Crippen LogP contribution < -0.4 is 10.1 Å². The van der Waals surface area contributed by atoms with E-state index in [1.165, 1.54) is 18.7 Å². The van der Waals surface area contributed by atoms with Crippen LogP contribution >= 0.6 is 15.9 Å². The van der Waals surface area contributed by atoms with Crippen molar-refractivity contribution >= 4 is 21.8 Å². The number of halogens is 1. The molecule has 0 aromatic heterocycles. The van der Waals surface area contributed by atoms with Gasteiger partial charge in [-0.3, -0.25) is 4.79 Å². The van der Waals surface area contributed by atoms with Crippen LogP contribution in [0.15, 0.2) is 46.9 Å². The van der Waals surface area contributed by atoms with Gasteiger partial charge in [0.2, 0.25) is 0 Å². The fourth-order valence-electron chi connectivity index (χ4n) is 2.11. The van der Waals surface area contributed by atoms with Crippen LogP contribution in [0.1, 0.15) is 28.8 Å². The topological polar surface area (TPSA) is 58.6 Å². The Morgan fingerprint density at radius 2 is 2.00 bits per heavy atom. The lowest BCUT2D eigenvalue weighted by molar-refractivity contribution is 0.0951. The number of carbonyl (C=O) groups excluding carboxylic acids is 1. The zero-order valence-corrected chi connectivity index (χ0v) is 14.1. The molecule has 0 fully saturated rings. The molecular formula is C17H18BrNO3. The number of phenolic OH excluding ortho intramolecular Hbond substituents is 1. The van der Waals surface area contributed by atoms with Gasteiger partial charge in [-0.15, -0.1) is 0 Å². The van der Waals surface area contributed by atoms with Crippen molar-refractivity contribution in [3.8, 4) is 11.5 Å². The van der Waals surface area contributed by atoms with E-state index >= 15 is 0 Å². The number of carbonyl (C=O) groups is 1. The van der Waals surface area contributed by atoms with Crippen LogP contribution in [0.25, 0.3) is 0 Å². The smallest absolute Gasteiger partial charge is 0.251 e. The number of hydrogen-bond donors (Lipinski definition) is 2. The highest BCUT2D eigenvalue weighted by Gasteiger charge is 2.14. The van der Waals surface area contributed by atoms with Crippen molar-refractivity contribution in [3.05, 3.63) is 58.1 Å². The van der Waals surface area contributed by atoms with Crippen LogP contribution in [0, 0.1) is 0 Å². The Morgan fingerprint density at radius 3 is 2.64 bits per heavy atom. The van der Waals surface area contributed by atoms with Gasteiger partial charge in [0.25, 0.3) is 5.91 Å². The third kappa shape index (κ3) is 3.80. The Balaban J connectivity index is 2.05. The monoisotopic (exact) mass is 363 g/mol. The van der Waals surface area contributed by atoms with E-state index in [1.54, 1.807) is 6.07 Å². The number of rotatable bonds is 5. The quantitative estimate of drug-likeness (QED) is 0.851. The van der Waals surface area contributed by atoms with E-state index in [4.69, 9.17) is 4.74 Å². The molecule has 2 N–H and O–H groups in total. The van der Waals surface area contributed by atoms with Gasteiger partial charge in [-0.25, -0.2) is 0 Å². The molecule has 116 valence electrons. The van der Waals surface area contributed by atoms with Crippen LogP contribution in [0.2, 0.25) is 0 Å². The van der Waals surface area contributed by atoms with Gasteiger partial charge in [0, 0.05) is 12.1 Å². The van der Waals surface area contributed by atoms with E-state index in [2.05, 4.69) is 28.2 Å². The largest absolute Gasteiger partial charge is 0.503 e. The summed E-state index contributed by atoms with van der Waals surface area (Å²) < 4.78 is 5.48. The number of amides is 1. The van der Waals surface area contributed by atoms with E-state index in [0.29, 0.717) is 16.6 Å². The Bertz CT molecular complexity index is 658. The second-order valence-corrected chi connectivity index (χ2v) is 5.89. The van der Waals surface area contributed by atoms with Crippen molar-refractivity contribution < 1.29 is 14.6 Å². The first-order valence-corrected chi connectivity index (χ1v) is 7.72. The maximum Gasteiger partial charge on any atom is 0.251 e. The highest BCUT2D eigenvalue weighted by molar-refractivity contribution is 9.10. The molecule has 1 atom stereocenters. The molecule has 0 spiro atoms. The molecule has 0 heterocycles. The van der Waals surface area contributed by atoms with E-state index in [0.717, 1.165) is 0 Å². The summed E-state index contributed by atoms with van der Waals surface area (Å²) in [5, 5.41) is 12.7. The highest BCUT2D eigenvalue weighted by Crippen LogP contribution is 2.35. The van der Waals surface area contributed by atoms with Gasteiger partial charge in [0.15, 0.2) is 11.5 Å². The number of aromatic hydroxyl groups is 1. The zero-order valence-electron chi connectivity index (χ0n) is 12.5. The number of methoxy groups -OCH3 is 1. The Hall–Kier alpha value is -2.01. The standard InChI is InChI=1S/C17H18BrNO3/c1-11(12-6-4-3-5-7-12)10-19-17(21)13-8-14(18)16(20)15(9-13)22-2/h3-9,11,20H,10H2,1-2H3,(H,19,21). The molecule has 1 amide bonds. The number of phenols is 1. The first kappa shape index (κ1) is 16.4. The average Bonchev–Trinajstić information content (AvgIpc) is 2.55. The lowest BCUT2D eigenvalue weighted by Crippen LogP contribution is -2.27. The van der Waals surface area contributed by atoms with Gasteiger partial charge in [0.1, 0.15) is 0 Å². The van der Waals surface area contributed by atoms with Crippen molar-refractivity contribution in [1.82, 2.24) is 5.32 Å². The molecule has 1 unspecified atom stereocenters. The normalized spacial score (nSPS) is 11.8. The molecule has 2 aromatic rings. The first-order valence-electron chi connectivity index (χ1n) is 6.92. The summed E-state index contributed by atoms with van der Waals surface area (Å²) in [5.41, 5.74) is 1.61. The lowest BCUT2D eigenvalue weighted by atomic mass is 10.0. The molecular weight excluding hydrogens is 346 g/mol. The van der Waals surface area contributed by atoms with Crippen molar-refractivity contribution in [2.24, 2.45) is 0 Å². The molecule has 0 bridgehead atoms. The maximum absolute atomic E-state index is 12.2. The fraction of sp³-hybridized carbons (Fsp3) is 0.235. The first-order chi connectivity index (χ1) is 10.5. The van der Waals surface area contributed by atoms with E-state index in [1.807, 2.05) is 30.3 Å². The average molecular weight is 364 g/mol. The minimum absolute atomic E-state index is 0.0169. The lowest BCUT2D eigenvalue weighted by Gasteiger charge is -2.14. The second kappa shape index (κ2) is 7.31. The second-order valence-electron chi connectivity index (χ2n) is 5.03. The Kier molecular flexibility index (Phi) is 5.44. The summed E-state index contributed by atoms with van der Waals surface area (Å²) in [5.74, 6) is 0.252. The predicted octanol–water partition coefficient (Wildman–Crippen LogP) is 3.70. The number of ether oxygens (including phenoxy) is 1. The maximum atomic E-state index is 12.2.